The van der Waals surface area contributed by atoms with Gasteiger partial charge in [-0.3, -0.25) is 0 Å². The molecule has 0 fully saturated rings. The Balaban J connectivity index is 1.93. The lowest BCUT2D eigenvalue weighted by Gasteiger charge is -2.42. The highest BCUT2D eigenvalue weighted by molar-refractivity contribution is 5.87. The second-order valence-electron chi connectivity index (χ2n) is 8.78. The van der Waals surface area contributed by atoms with E-state index in [9.17, 15) is 4.79 Å². The van der Waals surface area contributed by atoms with E-state index in [1.54, 1.807) is 19.1 Å². The topological polar surface area (TPSA) is 39.4 Å². The molecule has 0 bridgehead atoms. The summed E-state index contributed by atoms with van der Waals surface area (Å²) in [5.74, 6) is 0.477. The highest BCUT2D eigenvalue weighted by atomic mass is 16.5. The summed E-state index contributed by atoms with van der Waals surface area (Å²) in [6.45, 7) is 13.5. The quantitative estimate of drug-likeness (QED) is 0.591. The maximum Gasteiger partial charge on any atom is 0.374 e. The van der Waals surface area contributed by atoms with E-state index in [4.69, 9.17) is 9.15 Å². The molecule has 0 aliphatic heterocycles. The molecule has 0 unspecified atom stereocenters. The van der Waals surface area contributed by atoms with E-state index >= 15 is 0 Å². The highest BCUT2D eigenvalue weighted by Gasteiger charge is 2.36. The minimum atomic E-state index is -0.424. The van der Waals surface area contributed by atoms with E-state index in [-0.39, 0.29) is 16.6 Å². The molecule has 0 radical (unpaired) electrons. The fourth-order valence-corrected chi connectivity index (χ4v) is 3.87. The minimum absolute atomic E-state index is 0.183. The molecule has 1 aliphatic carbocycles. The van der Waals surface area contributed by atoms with Crippen molar-refractivity contribution in [3.8, 4) is 0 Å². The second kappa shape index (κ2) is 7.03. The molecule has 1 heterocycles. The second-order valence-corrected chi connectivity index (χ2v) is 8.78. The Morgan fingerprint density at radius 1 is 1.07 bits per heavy atom. The van der Waals surface area contributed by atoms with Crippen LogP contribution in [0.15, 0.2) is 34.7 Å². The molecule has 3 rings (SSSR count). The lowest BCUT2D eigenvalue weighted by atomic mass is 9.63. The predicted octanol–water partition coefficient (Wildman–Crippen LogP) is 6.37. The summed E-state index contributed by atoms with van der Waals surface area (Å²) in [4.78, 5) is 11.8. The van der Waals surface area contributed by atoms with Crippen molar-refractivity contribution in [2.75, 3.05) is 6.61 Å². The van der Waals surface area contributed by atoms with Gasteiger partial charge in [0, 0.05) is 0 Å². The lowest BCUT2D eigenvalue weighted by molar-refractivity contribution is 0.0489. The zero-order valence-corrected chi connectivity index (χ0v) is 17.3. The zero-order valence-electron chi connectivity index (χ0n) is 17.3. The van der Waals surface area contributed by atoms with Crippen LogP contribution in [0.25, 0.3) is 11.6 Å². The SMILES string of the molecule is CCOC(=O)c1ccc(/C=C(\C)c2ccc3c(c2)C(C)(C)CCC3(C)C)o1. The summed E-state index contributed by atoms with van der Waals surface area (Å²) < 4.78 is 10.6. The average molecular weight is 367 g/mol. The number of carbonyl (C=O) groups excluding carboxylic acids is 1. The van der Waals surface area contributed by atoms with Gasteiger partial charge >= 0.3 is 5.97 Å². The first kappa shape index (κ1) is 19.5. The predicted molar refractivity (Wildman–Crippen MR) is 110 cm³/mol. The summed E-state index contributed by atoms with van der Waals surface area (Å²) in [6.07, 6.45) is 4.38. The van der Waals surface area contributed by atoms with Crippen LogP contribution in [0.4, 0.5) is 0 Å². The van der Waals surface area contributed by atoms with Gasteiger partial charge in [-0.2, -0.15) is 0 Å². The van der Waals surface area contributed by atoms with Crippen molar-refractivity contribution < 1.29 is 13.9 Å². The summed E-state index contributed by atoms with van der Waals surface area (Å²) in [7, 11) is 0. The standard InChI is InChI=1S/C24H30O3/c1-7-26-22(25)21-11-9-18(27-21)14-16(2)17-8-10-19-20(15-17)24(5,6)13-12-23(19,3)4/h8-11,14-15H,7,12-13H2,1-6H3/b16-14+. The Bertz CT molecular complexity index is 881. The molecule has 144 valence electrons. The Morgan fingerprint density at radius 2 is 1.74 bits per heavy atom. The van der Waals surface area contributed by atoms with E-state index in [1.165, 1.54) is 29.5 Å². The molecule has 1 aliphatic rings. The van der Waals surface area contributed by atoms with Crippen LogP contribution in [0, 0.1) is 0 Å². The zero-order chi connectivity index (χ0) is 19.8. The summed E-state index contributed by atoms with van der Waals surface area (Å²) in [6, 6.07) is 10.3. The Morgan fingerprint density at radius 3 is 2.41 bits per heavy atom. The van der Waals surface area contributed by atoms with Gasteiger partial charge in [0.25, 0.3) is 0 Å². The Hall–Kier alpha value is -2.29. The first-order valence-corrected chi connectivity index (χ1v) is 9.75. The molecule has 1 aromatic carbocycles. The van der Waals surface area contributed by atoms with Crippen molar-refractivity contribution in [1.29, 1.82) is 0 Å². The molecule has 0 saturated carbocycles. The molecule has 27 heavy (non-hydrogen) atoms. The third-order valence-corrected chi connectivity index (χ3v) is 5.77. The number of hydrogen-bond acceptors (Lipinski definition) is 3. The molecule has 0 saturated heterocycles. The maximum atomic E-state index is 11.8. The fourth-order valence-electron chi connectivity index (χ4n) is 3.87. The number of benzene rings is 1. The van der Waals surface area contributed by atoms with Gasteiger partial charge in [-0.25, -0.2) is 4.79 Å². The number of furan rings is 1. The van der Waals surface area contributed by atoms with Gasteiger partial charge in [-0.1, -0.05) is 45.9 Å². The van der Waals surface area contributed by atoms with Gasteiger partial charge in [-0.05, 0) is 78.0 Å². The molecule has 0 amide bonds. The van der Waals surface area contributed by atoms with Crippen LogP contribution in [0.1, 0.15) is 87.4 Å². The molecule has 1 aromatic heterocycles. The number of carbonyl (C=O) groups is 1. The first-order valence-electron chi connectivity index (χ1n) is 9.75. The van der Waals surface area contributed by atoms with Crippen LogP contribution < -0.4 is 0 Å². The van der Waals surface area contributed by atoms with E-state index in [0.717, 1.165) is 5.57 Å². The third-order valence-electron chi connectivity index (χ3n) is 5.77. The van der Waals surface area contributed by atoms with Crippen LogP contribution in [0.5, 0.6) is 0 Å². The van der Waals surface area contributed by atoms with Gasteiger partial charge in [-0.15, -0.1) is 0 Å². The van der Waals surface area contributed by atoms with E-state index in [1.807, 2.05) is 6.08 Å². The van der Waals surface area contributed by atoms with Gasteiger partial charge in [0.15, 0.2) is 0 Å². The van der Waals surface area contributed by atoms with Gasteiger partial charge in [0.1, 0.15) is 5.76 Å². The summed E-state index contributed by atoms with van der Waals surface area (Å²) >= 11 is 0. The van der Waals surface area contributed by atoms with E-state index in [0.29, 0.717) is 12.4 Å². The monoisotopic (exact) mass is 366 g/mol. The van der Waals surface area contributed by atoms with Crippen LogP contribution in [0.2, 0.25) is 0 Å². The number of allylic oxidation sites excluding steroid dienone is 1. The molecular weight excluding hydrogens is 336 g/mol. The number of fused-ring (bicyclic) bond motifs is 1. The van der Waals surface area contributed by atoms with Crippen molar-refractivity contribution in [2.24, 2.45) is 0 Å². The number of esters is 1. The van der Waals surface area contributed by atoms with Gasteiger partial charge < -0.3 is 9.15 Å². The number of ether oxygens (including phenoxy) is 1. The average Bonchev–Trinajstić information content (AvgIpc) is 3.07. The van der Waals surface area contributed by atoms with Crippen molar-refractivity contribution in [3.63, 3.8) is 0 Å². The molecular formula is C24H30O3. The van der Waals surface area contributed by atoms with Crippen molar-refractivity contribution in [3.05, 3.63) is 58.5 Å². The van der Waals surface area contributed by atoms with Crippen molar-refractivity contribution >= 4 is 17.6 Å². The molecule has 0 atom stereocenters. The molecule has 3 heteroatoms. The van der Waals surface area contributed by atoms with Crippen LogP contribution in [0.3, 0.4) is 0 Å². The summed E-state index contributed by atoms with van der Waals surface area (Å²) in [5.41, 5.74) is 5.60. The lowest BCUT2D eigenvalue weighted by Crippen LogP contribution is -2.33. The van der Waals surface area contributed by atoms with Crippen LogP contribution >= 0.6 is 0 Å². The van der Waals surface area contributed by atoms with Gasteiger partial charge in [0.2, 0.25) is 5.76 Å². The van der Waals surface area contributed by atoms with Crippen molar-refractivity contribution in [1.82, 2.24) is 0 Å². The highest BCUT2D eigenvalue weighted by Crippen LogP contribution is 2.46. The molecule has 2 aromatic rings. The number of hydrogen-bond donors (Lipinski definition) is 0. The largest absolute Gasteiger partial charge is 0.460 e. The molecule has 0 spiro atoms. The number of rotatable bonds is 4. The first-order chi connectivity index (χ1) is 12.6. The minimum Gasteiger partial charge on any atom is -0.460 e. The maximum absolute atomic E-state index is 11.8. The fraction of sp³-hybridized carbons (Fsp3) is 0.458. The smallest absolute Gasteiger partial charge is 0.374 e. The Kier molecular flexibility index (Phi) is 5.07. The van der Waals surface area contributed by atoms with Crippen LogP contribution in [-0.4, -0.2) is 12.6 Å². The molecule has 3 nitrogen and oxygen atoms in total. The van der Waals surface area contributed by atoms with Gasteiger partial charge in [0.05, 0.1) is 6.61 Å². The third kappa shape index (κ3) is 3.87. The van der Waals surface area contributed by atoms with E-state index < -0.39 is 5.97 Å². The van der Waals surface area contributed by atoms with Crippen molar-refractivity contribution in [2.45, 2.75) is 65.2 Å². The normalized spacial score (nSPS) is 18.1. The van der Waals surface area contributed by atoms with Crippen LogP contribution in [-0.2, 0) is 15.6 Å². The van der Waals surface area contributed by atoms with E-state index in [2.05, 4.69) is 52.8 Å². The molecule has 0 N–H and O–H groups in total. The summed E-state index contributed by atoms with van der Waals surface area (Å²) in [5, 5.41) is 0. The Labute approximate surface area is 162 Å².